The first-order valence-electron chi connectivity index (χ1n) is 8.24. The first-order chi connectivity index (χ1) is 12.9. The second kappa shape index (κ2) is 6.51. The molecular formula is C20H16FN3O2S. The van der Waals surface area contributed by atoms with Gasteiger partial charge in [-0.25, -0.2) is 9.37 Å². The topological polar surface area (TPSA) is 80.4 Å². The van der Waals surface area contributed by atoms with Crippen molar-refractivity contribution in [2.24, 2.45) is 0 Å². The largest absolute Gasteiger partial charge is 0.510 e. The molecule has 4 rings (SSSR count). The highest BCUT2D eigenvalue weighted by Crippen LogP contribution is 2.37. The normalized spacial score (nSPS) is 14.3. The summed E-state index contributed by atoms with van der Waals surface area (Å²) in [6.45, 7) is 1.99. The van der Waals surface area contributed by atoms with Crippen molar-refractivity contribution < 1.29 is 14.6 Å². The van der Waals surface area contributed by atoms with Gasteiger partial charge < -0.3 is 15.1 Å². The van der Waals surface area contributed by atoms with Crippen molar-refractivity contribution in [3.63, 3.8) is 0 Å². The minimum absolute atomic E-state index is 0.0286. The molecule has 0 fully saturated rings. The van der Waals surface area contributed by atoms with E-state index in [2.05, 4.69) is 4.98 Å². The predicted molar refractivity (Wildman–Crippen MR) is 105 cm³/mol. The number of amidine groups is 1. The summed E-state index contributed by atoms with van der Waals surface area (Å²) in [5.41, 5.74) is 3.17. The number of aryl methyl sites for hydroxylation is 1. The molecule has 0 atom stereocenters. The fraction of sp³-hybridized carbons (Fsp3) is 0.100. The van der Waals surface area contributed by atoms with Gasteiger partial charge in [0.05, 0.1) is 23.5 Å². The van der Waals surface area contributed by atoms with Crippen LogP contribution in [0.3, 0.4) is 0 Å². The van der Waals surface area contributed by atoms with Gasteiger partial charge in [-0.3, -0.25) is 5.41 Å². The van der Waals surface area contributed by atoms with Crippen LogP contribution in [-0.2, 0) is 0 Å². The summed E-state index contributed by atoms with van der Waals surface area (Å²) in [7, 11) is 0. The van der Waals surface area contributed by atoms with Gasteiger partial charge in [0, 0.05) is 10.9 Å². The van der Waals surface area contributed by atoms with E-state index >= 15 is 0 Å². The Morgan fingerprint density at radius 2 is 1.89 bits per heavy atom. The first-order valence-corrected chi connectivity index (χ1v) is 9.12. The number of phenols is 1. The number of thiazole rings is 1. The lowest BCUT2D eigenvalue weighted by Gasteiger charge is -2.20. The van der Waals surface area contributed by atoms with Gasteiger partial charge in [-0.2, -0.15) is 0 Å². The number of nitrogens with zero attached hydrogens (tertiary/aromatic N) is 2. The molecule has 0 amide bonds. The number of aromatic nitrogens is 1. The average molecular weight is 381 g/mol. The molecule has 1 aliphatic rings. The molecule has 0 saturated carbocycles. The standard InChI is InChI=1S/C20H16FN3O2S/c1-11-2-7-16(25)15(8-11)24-9-17(26)18(19(24)22)20-23-14(10-27-20)12-3-5-13(21)6-4-12/h2-8,10,22,25-26H,9H2,1H3. The third-order valence-corrected chi connectivity index (χ3v) is 5.24. The predicted octanol–water partition coefficient (Wildman–Crippen LogP) is 4.73. The van der Waals surface area contributed by atoms with Crippen LogP contribution in [0.1, 0.15) is 10.6 Å². The molecule has 2 heterocycles. The molecular weight excluding hydrogens is 365 g/mol. The average Bonchev–Trinajstić information content (AvgIpc) is 3.22. The highest BCUT2D eigenvalue weighted by Gasteiger charge is 2.32. The zero-order valence-electron chi connectivity index (χ0n) is 14.4. The molecule has 0 radical (unpaired) electrons. The highest BCUT2D eigenvalue weighted by atomic mass is 32.1. The van der Waals surface area contributed by atoms with E-state index < -0.39 is 0 Å². The van der Waals surface area contributed by atoms with Crippen LogP contribution in [0.5, 0.6) is 5.75 Å². The fourth-order valence-corrected chi connectivity index (χ4v) is 3.90. The summed E-state index contributed by atoms with van der Waals surface area (Å²) in [6, 6.07) is 11.1. The van der Waals surface area contributed by atoms with Gasteiger partial charge in [-0.05, 0) is 48.9 Å². The van der Waals surface area contributed by atoms with Crippen molar-refractivity contribution in [1.82, 2.24) is 4.98 Å². The Morgan fingerprint density at radius 1 is 1.15 bits per heavy atom. The SMILES string of the molecule is Cc1ccc(O)c(N2CC(O)=C(c3nc(-c4ccc(F)cc4)cs3)C2=N)c1. The van der Waals surface area contributed by atoms with E-state index in [4.69, 9.17) is 5.41 Å². The molecule has 0 spiro atoms. The Labute approximate surface area is 159 Å². The van der Waals surface area contributed by atoms with Crippen LogP contribution < -0.4 is 4.90 Å². The summed E-state index contributed by atoms with van der Waals surface area (Å²) in [4.78, 5) is 6.06. The molecule has 3 aromatic rings. The minimum Gasteiger partial charge on any atom is -0.510 e. The number of rotatable bonds is 3. The molecule has 0 saturated heterocycles. The van der Waals surface area contributed by atoms with E-state index in [9.17, 15) is 14.6 Å². The number of phenolic OH excluding ortho intramolecular Hbond substituents is 1. The summed E-state index contributed by atoms with van der Waals surface area (Å²) in [5.74, 6) is -0.166. The summed E-state index contributed by atoms with van der Waals surface area (Å²) < 4.78 is 13.1. The maximum absolute atomic E-state index is 13.1. The van der Waals surface area contributed by atoms with E-state index in [-0.39, 0.29) is 29.7 Å². The molecule has 0 unspecified atom stereocenters. The van der Waals surface area contributed by atoms with Gasteiger partial charge in [-0.1, -0.05) is 6.07 Å². The second-order valence-electron chi connectivity index (χ2n) is 6.29. The van der Waals surface area contributed by atoms with E-state index in [1.165, 1.54) is 23.5 Å². The number of aliphatic hydroxyl groups is 1. The van der Waals surface area contributed by atoms with Crippen molar-refractivity contribution in [1.29, 1.82) is 5.41 Å². The van der Waals surface area contributed by atoms with Gasteiger partial charge in [0.1, 0.15) is 28.2 Å². The van der Waals surface area contributed by atoms with Crippen LogP contribution in [-0.4, -0.2) is 27.6 Å². The minimum atomic E-state index is -0.319. The van der Waals surface area contributed by atoms with Crippen molar-refractivity contribution in [3.8, 4) is 17.0 Å². The Bertz CT molecular complexity index is 1070. The number of aliphatic hydroxyl groups excluding tert-OH is 1. The summed E-state index contributed by atoms with van der Waals surface area (Å²) in [6.07, 6.45) is 0. The zero-order chi connectivity index (χ0) is 19.1. The first kappa shape index (κ1) is 17.2. The van der Waals surface area contributed by atoms with E-state index in [1.54, 1.807) is 35.2 Å². The van der Waals surface area contributed by atoms with E-state index in [0.717, 1.165) is 11.1 Å². The number of benzene rings is 2. The maximum Gasteiger partial charge on any atom is 0.139 e. The number of hydrogen-bond donors (Lipinski definition) is 3. The molecule has 1 aliphatic heterocycles. The van der Waals surface area contributed by atoms with Gasteiger partial charge >= 0.3 is 0 Å². The molecule has 5 nitrogen and oxygen atoms in total. The lowest BCUT2D eigenvalue weighted by Crippen LogP contribution is -2.26. The monoisotopic (exact) mass is 381 g/mol. The molecule has 27 heavy (non-hydrogen) atoms. The lowest BCUT2D eigenvalue weighted by atomic mass is 10.1. The Kier molecular flexibility index (Phi) is 4.16. The third-order valence-electron chi connectivity index (χ3n) is 4.38. The van der Waals surface area contributed by atoms with Crippen LogP contribution in [0.4, 0.5) is 10.1 Å². The smallest absolute Gasteiger partial charge is 0.139 e. The summed E-state index contributed by atoms with van der Waals surface area (Å²) >= 11 is 1.31. The number of nitrogens with one attached hydrogen (secondary N) is 1. The molecule has 0 aliphatic carbocycles. The van der Waals surface area contributed by atoms with Crippen LogP contribution in [0, 0.1) is 18.2 Å². The van der Waals surface area contributed by atoms with Crippen LogP contribution in [0.25, 0.3) is 16.8 Å². The van der Waals surface area contributed by atoms with Gasteiger partial charge in [0.15, 0.2) is 0 Å². The Balaban J connectivity index is 1.67. The van der Waals surface area contributed by atoms with Gasteiger partial charge in [-0.15, -0.1) is 11.3 Å². The third kappa shape index (κ3) is 3.06. The number of anilines is 1. The fourth-order valence-electron chi connectivity index (χ4n) is 3.00. The van der Waals surface area contributed by atoms with Gasteiger partial charge in [0.25, 0.3) is 0 Å². The van der Waals surface area contributed by atoms with E-state index in [1.807, 2.05) is 12.3 Å². The maximum atomic E-state index is 13.1. The van der Waals surface area contributed by atoms with Crippen LogP contribution in [0.15, 0.2) is 53.6 Å². The molecule has 0 bridgehead atoms. The van der Waals surface area contributed by atoms with Crippen molar-refractivity contribution in [3.05, 3.63) is 70.0 Å². The molecule has 3 N–H and O–H groups in total. The van der Waals surface area contributed by atoms with Gasteiger partial charge in [0.2, 0.25) is 0 Å². The molecule has 2 aromatic carbocycles. The Hall–Kier alpha value is -3.19. The van der Waals surface area contributed by atoms with Crippen LogP contribution >= 0.6 is 11.3 Å². The summed E-state index contributed by atoms with van der Waals surface area (Å²) in [5, 5.41) is 31.4. The van der Waals surface area contributed by atoms with Crippen molar-refractivity contribution in [2.45, 2.75) is 6.92 Å². The highest BCUT2D eigenvalue weighted by molar-refractivity contribution is 7.11. The Morgan fingerprint density at radius 3 is 2.63 bits per heavy atom. The van der Waals surface area contributed by atoms with E-state index in [0.29, 0.717) is 22.0 Å². The number of halogens is 1. The lowest BCUT2D eigenvalue weighted by molar-refractivity contribution is 0.411. The molecule has 7 heteroatoms. The van der Waals surface area contributed by atoms with Crippen molar-refractivity contribution in [2.75, 3.05) is 11.4 Å². The quantitative estimate of drug-likeness (QED) is 0.613. The second-order valence-corrected chi connectivity index (χ2v) is 7.15. The number of aromatic hydroxyl groups is 1. The number of hydrogen-bond acceptors (Lipinski definition) is 5. The van der Waals surface area contributed by atoms with Crippen molar-refractivity contribution >= 4 is 28.4 Å². The van der Waals surface area contributed by atoms with Crippen LogP contribution in [0.2, 0.25) is 0 Å². The molecule has 1 aromatic heterocycles. The zero-order valence-corrected chi connectivity index (χ0v) is 15.2. The molecule has 136 valence electrons.